The highest BCUT2D eigenvalue weighted by molar-refractivity contribution is 7.08. The summed E-state index contributed by atoms with van der Waals surface area (Å²) in [5, 5.41) is 7.75. The highest BCUT2D eigenvalue weighted by atomic mass is 32.1. The minimum Gasteiger partial charge on any atom is -0.381 e. The van der Waals surface area contributed by atoms with E-state index in [-0.39, 0.29) is 13.0 Å². The molecule has 0 atom stereocenters. The van der Waals surface area contributed by atoms with E-state index in [1.54, 1.807) is 22.4 Å². The number of likely N-dealkylation sites (tertiary alicyclic amines) is 1. The lowest BCUT2D eigenvalue weighted by atomic mass is 9.90. The zero-order valence-corrected chi connectivity index (χ0v) is 22.9. The molecule has 0 amide bonds. The first kappa shape index (κ1) is 25.0. The summed E-state index contributed by atoms with van der Waals surface area (Å²) in [6.07, 6.45) is 8.12. The predicted molar refractivity (Wildman–Crippen MR) is 157 cm³/mol. The van der Waals surface area contributed by atoms with Crippen LogP contribution in [-0.4, -0.2) is 50.4 Å². The number of rotatable bonds is 6. The number of thiophene rings is 1. The van der Waals surface area contributed by atoms with Crippen molar-refractivity contribution in [3.05, 3.63) is 88.4 Å². The Balaban J connectivity index is 1.27. The molecule has 6 heterocycles. The Kier molecular flexibility index (Phi) is 6.20. The second kappa shape index (κ2) is 9.91. The molecule has 0 spiro atoms. The van der Waals surface area contributed by atoms with Crippen LogP contribution in [0.15, 0.2) is 71.5 Å². The van der Waals surface area contributed by atoms with Crippen LogP contribution in [0.1, 0.15) is 36.7 Å². The van der Waals surface area contributed by atoms with Crippen molar-refractivity contribution in [3.8, 4) is 22.3 Å². The van der Waals surface area contributed by atoms with Crippen LogP contribution in [-0.2, 0) is 6.54 Å². The summed E-state index contributed by atoms with van der Waals surface area (Å²) in [5.74, 6) is -1.77. The molecular weight excluding hydrogens is 526 g/mol. The summed E-state index contributed by atoms with van der Waals surface area (Å²) in [5.41, 5.74) is 11.4. The van der Waals surface area contributed by atoms with Gasteiger partial charge in [0.2, 0.25) is 0 Å². The van der Waals surface area contributed by atoms with Crippen molar-refractivity contribution < 1.29 is 8.78 Å². The van der Waals surface area contributed by atoms with Gasteiger partial charge in [-0.15, -0.1) is 0 Å². The lowest BCUT2D eigenvalue weighted by Gasteiger charge is -2.24. The quantitative estimate of drug-likeness (QED) is 0.232. The maximum Gasteiger partial charge on any atom is 0.261 e. The zero-order chi connectivity index (χ0) is 27.3. The minimum atomic E-state index is -2.60. The van der Waals surface area contributed by atoms with Crippen LogP contribution in [0.3, 0.4) is 0 Å². The molecule has 0 aliphatic carbocycles. The van der Waals surface area contributed by atoms with Crippen molar-refractivity contribution in [1.82, 2.24) is 24.8 Å². The number of hydrogen-bond donors (Lipinski definition) is 2. The van der Waals surface area contributed by atoms with E-state index in [1.807, 2.05) is 18.6 Å². The van der Waals surface area contributed by atoms with Gasteiger partial charge >= 0.3 is 0 Å². The molecule has 2 aliphatic heterocycles. The second-order valence-corrected chi connectivity index (χ2v) is 11.3. The number of aromatic nitrogens is 4. The van der Waals surface area contributed by atoms with Gasteiger partial charge in [0.15, 0.2) is 0 Å². The van der Waals surface area contributed by atoms with Crippen LogP contribution >= 0.6 is 11.3 Å². The molecule has 6 nitrogen and oxygen atoms in total. The van der Waals surface area contributed by atoms with Crippen molar-refractivity contribution in [2.45, 2.75) is 32.2 Å². The SMILES string of the molecule is CCC1=C(c2nc3c(-c4ccsc4)cncc3[nH]2)c2cc(-c3cncc(CN4CCC(F)(F)C4)c3)ccc2NC1. The summed E-state index contributed by atoms with van der Waals surface area (Å²) in [7, 11) is 0. The van der Waals surface area contributed by atoms with E-state index in [0.29, 0.717) is 13.1 Å². The smallest absolute Gasteiger partial charge is 0.261 e. The van der Waals surface area contributed by atoms with Gasteiger partial charge in [-0.2, -0.15) is 11.3 Å². The van der Waals surface area contributed by atoms with Crippen molar-refractivity contribution in [3.63, 3.8) is 0 Å². The Morgan fingerprint density at radius 3 is 2.70 bits per heavy atom. The molecule has 1 fully saturated rings. The molecule has 0 saturated carbocycles. The lowest BCUT2D eigenvalue weighted by molar-refractivity contribution is 0.0115. The number of aromatic amines is 1. The normalized spacial score (nSPS) is 16.9. The second-order valence-electron chi connectivity index (χ2n) is 10.5. The Bertz CT molecular complexity index is 1740. The Morgan fingerprint density at radius 2 is 1.90 bits per heavy atom. The van der Waals surface area contributed by atoms with Crippen LogP contribution in [0.5, 0.6) is 0 Å². The molecule has 4 aromatic heterocycles. The van der Waals surface area contributed by atoms with E-state index in [4.69, 9.17) is 4.98 Å². The van der Waals surface area contributed by atoms with Crippen LogP contribution < -0.4 is 5.32 Å². The third-order valence-electron chi connectivity index (χ3n) is 7.81. The van der Waals surface area contributed by atoms with Crippen molar-refractivity contribution in [2.24, 2.45) is 0 Å². The van der Waals surface area contributed by atoms with Crippen LogP contribution in [0.25, 0.3) is 38.9 Å². The molecule has 40 heavy (non-hydrogen) atoms. The van der Waals surface area contributed by atoms with E-state index in [1.165, 1.54) is 5.57 Å². The van der Waals surface area contributed by atoms with E-state index in [2.05, 4.69) is 68.3 Å². The standard InChI is InChI=1S/C31H28F2N6S/c1-2-20-13-36-26-4-3-21(23-9-19(11-34-12-23)16-39-7-6-31(32,33)18-39)10-24(26)28(20)30-37-27-15-35-14-25(29(27)38-30)22-5-8-40-17-22/h3-5,8-12,14-15,17,36H,2,6-7,13,16,18H2,1H3,(H,37,38). The number of alkyl halides is 2. The third kappa shape index (κ3) is 4.59. The Hall–Kier alpha value is -3.95. The van der Waals surface area contributed by atoms with Crippen molar-refractivity contribution >= 4 is 33.6 Å². The highest BCUT2D eigenvalue weighted by Gasteiger charge is 2.38. The van der Waals surface area contributed by atoms with Gasteiger partial charge in [-0.25, -0.2) is 13.8 Å². The van der Waals surface area contributed by atoms with Gasteiger partial charge in [-0.3, -0.25) is 14.9 Å². The number of H-pyrrole nitrogens is 1. The van der Waals surface area contributed by atoms with Crippen molar-refractivity contribution in [1.29, 1.82) is 0 Å². The predicted octanol–water partition coefficient (Wildman–Crippen LogP) is 7.23. The molecule has 1 saturated heterocycles. The zero-order valence-electron chi connectivity index (χ0n) is 22.0. The fourth-order valence-electron chi connectivity index (χ4n) is 5.77. The maximum absolute atomic E-state index is 13.7. The van der Waals surface area contributed by atoms with E-state index >= 15 is 0 Å². The van der Waals surface area contributed by atoms with Crippen molar-refractivity contribution in [2.75, 3.05) is 25.0 Å². The first-order valence-corrected chi connectivity index (χ1v) is 14.4. The van der Waals surface area contributed by atoms with E-state index < -0.39 is 5.92 Å². The number of hydrogen-bond acceptors (Lipinski definition) is 6. The largest absolute Gasteiger partial charge is 0.381 e. The number of halogens is 2. The molecule has 7 rings (SSSR count). The number of imidazole rings is 1. The Morgan fingerprint density at radius 1 is 1.00 bits per heavy atom. The lowest BCUT2D eigenvalue weighted by Crippen LogP contribution is -2.24. The van der Waals surface area contributed by atoms with Gasteiger partial charge in [0.1, 0.15) is 5.82 Å². The number of nitrogens with zero attached hydrogens (tertiary/aromatic N) is 4. The van der Waals surface area contributed by atoms with Gasteiger partial charge < -0.3 is 10.3 Å². The summed E-state index contributed by atoms with van der Waals surface area (Å²) in [6.45, 7) is 3.59. The number of anilines is 1. The molecule has 0 unspecified atom stereocenters. The monoisotopic (exact) mass is 554 g/mol. The number of nitrogens with one attached hydrogen (secondary N) is 2. The average Bonchev–Trinajstić information content (AvgIpc) is 3.72. The third-order valence-corrected chi connectivity index (χ3v) is 8.49. The minimum absolute atomic E-state index is 0.0839. The van der Waals surface area contributed by atoms with Gasteiger partial charge in [-0.1, -0.05) is 13.0 Å². The van der Waals surface area contributed by atoms with Gasteiger partial charge in [-0.05, 0) is 63.7 Å². The van der Waals surface area contributed by atoms with Crippen LogP contribution in [0, 0.1) is 0 Å². The van der Waals surface area contributed by atoms with E-state index in [0.717, 1.165) is 74.5 Å². The first-order chi connectivity index (χ1) is 19.5. The molecule has 2 N–H and O–H groups in total. The number of benzene rings is 1. The summed E-state index contributed by atoms with van der Waals surface area (Å²) >= 11 is 1.66. The molecule has 5 aromatic rings. The Labute approximate surface area is 234 Å². The maximum atomic E-state index is 13.7. The topological polar surface area (TPSA) is 69.7 Å². The molecule has 1 aromatic carbocycles. The fourth-order valence-corrected chi connectivity index (χ4v) is 6.43. The van der Waals surface area contributed by atoms with Crippen LogP contribution in [0.4, 0.5) is 14.5 Å². The fraction of sp³-hybridized carbons (Fsp3) is 0.258. The molecule has 0 radical (unpaired) electrons. The summed E-state index contributed by atoms with van der Waals surface area (Å²) < 4.78 is 27.4. The van der Waals surface area contributed by atoms with Gasteiger partial charge in [0.05, 0.1) is 23.8 Å². The highest BCUT2D eigenvalue weighted by Crippen LogP contribution is 2.40. The van der Waals surface area contributed by atoms with Gasteiger partial charge in [0, 0.05) is 72.6 Å². The van der Waals surface area contributed by atoms with E-state index in [9.17, 15) is 8.78 Å². The van der Waals surface area contributed by atoms with Gasteiger partial charge in [0.25, 0.3) is 5.92 Å². The molecule has 202 valence electrons. The number of pyridine rings is 2. The van der Waals surface area contributed by atoms with Crippen LogP contribution in [0.2, 0.25) is 0 Å². The molecule has 9 heteroatoms. The molecular formula is C31H28F2N6S. The summed E-state index contributed by atoms with van der Waals surface area (Å²) in [6, 6.07) is 10.5. The first-order valence-electron chi connectivity index (χ1n) is 13.5. The number of fused-ring (bicyclic) bond motifs is 2. The average molecular weight is 555 g/mol. The molecule has 0 bridgehead atoms. The molecule has 2 aliphatic rings. The summed E-state index contributed by atoms with van der Waals surface area (Å²) in [4.78, 5) is 19.4.